The lowest BCUT2D eigenvalue weighted by molar-refractivity contribution is 0.482. The van der Waals surface area contributed by atoms with Gasteiger partial charge >= 0.3 is 0 Å². The van der Waals surface area contributed by atoms with Crippen molar-refractivity contribution in [3.63, 3.8) is 0 Å². The highest BCUT2D eigenvalue weighted by molar-refractivity contribution is 9.10. The first kappa shape index (κ1) is 15.8. The molecule has 0 bridgehead atoms. The van der Waals surface area contributed by atoms with Gasteiger partial charge in [-0.2, -0.15) is 5.10 Å². The van der Waals surface area contributed by atoms with Crippen LogP contribution in [0, 0.1) is 0 Å². The SMILES string of the molecule is O=c1ccc(Cc2ccc(Cl)c(Oc3ccc(Br)cc3)c2)n[nH]1. The molecule has 0 fully saturated rings. The smallest absolute Gasteiger partial charge is 0.264 e. The third-order valence-electron chi connectivity index (χ3n) is 3.16. The maximum Gasteiger partial charge on any atom is 0.264 e. The van der Waals surface area contributed by atoms with E-state index in [2.05, 4.69) is 26.1 Å². The first-order valence-corrected chi connectivity index (χ1v) is 8.04. The van der Waals surface area contributed by atoms with Crippen molar-refractivity contribution in [2.45, 2.75) is 6.42 Å². The lowest BCUT2D eigenvalue weighted by Gasteiger charge is -2.10. The quantitative estimate of drug-likeness (QED) is 0.709. The van der Waals surface area contributed by atoms with Crippen LogP contribution >= 0.6 is 27.5 Å². The Morgan fingerprint density at radius 1 is 1.09 bits per heavy atom. The van der Waals surface area contributed by atoms with E-state index in [-0.39, 0.29) is 5.56 Å². The Hall–Kier alpha value is -2.11. The number of H-pyrrole nitrogens is 1. The molecule has 2 aromatic carbocycles. The Bertz CT molecular complexity index is 858. The van der Waals surface area contributed by atoms with Crippen molar-refractivity contribution in [3.05, 3.63) is 85.7 Å². The van der Waals surface area contributed by atoms with Crippen molar-refractivity contribution in [2.75, 3.05) is 0 Å². The Morgan fingerprint density at radius 2 is 1.87 bits per heavy atom. The summed E-state index contributed by atoms with van der Waals surface area (Å²) in [7, 11) is 0. The van der Waals surface area contributed by atoms with Gasteiger partial charge in [-0.3, -0.25) is 4.79 Å². The minimum atomic E-state index is -0.218. The summed E-state index contributed by atoms with van der Waals surface area (Å²) in [6, 6.07) is 16.2. The first-order valence-electron chi connectivity index (χ1n) is 6.86. The zero-order valence-corrected chi connectivity index (χ0v) is 14.3. The lowest BCUT2D eigenvalue weighted by atomic mass is 10.1. The summed E-state index contributed by atoms with van der Waals surface area (Å²) in [6.45, 7) is 0. The molecular formula is C17H12BrClN2O2. The molecule has 0 unspecified atom stereocenters. The molecule has 0 amide bonds. The molecule has 3 rings (SSSR count). The highest BCUT2D eigenvalue weighted by atomic mass is 79.9. The maximum absolute atomic E-state index is 11.0. The number of hydrogen-bond donors (Lipinski definition) is 1. The Morgan fingerprint density at radius 3 is 2.57 bits per heavy atom. The molecule has 1 heterocycles. The molecule has 3 aromatic rings. The largest absolute Gasteiger partial charge is 0.456 e. The van der Waals surface area contributed by atoms with Crippen LogP contribution in [0.4, 0.5) is 0 Å². The van der Waals surface area contributed by atoms with E-state index in [1.54, 1.807) is 12.1 Å². The summed E-state index contributed by atoms with van der Waals surface area (Å²) in [5.41, 5.74) is 1.53. The van der Waals surface area contributed by atoms with Gasteiger partial charge < -0.3 is 4.74 Å². The average Bonchev–Trinajstić information content (AvgIpc) is 2.55. The molecule has 0 atom stereocenters. The van der Waals surface area contributed by atoms with E-state index >= 15 is 0 Å². The summed E-state index contributed by atoms with van der Waals surface area (Å²) in [5, 5.41) is 6.96. The molecule has 0 saturated heterocycles. The van der Waals surface area contributed by atoms with E-state index in [1.165, 1.54) is 6.07 Å². The molecule has 4 nitrogen and oxygen atoms in total. The van der Waals surface area contributed by atoms with Gasteiger partial charge in [0.2, 0.25) is 0 Å². The molecule has 0 aliphatic heterocycles. The number of benzene rings is 2. The van der Waals surface area contributed by atoms with Gasteiger partial charge in [-0.25, -0.2) is 5.10 Å². The zero-order chi connectivity index (χ0) is 16.2. The standard InChI is InChI=1S/C17H12BrClN2O2/c18-12-2-5-14(6-3-12)23-16-10-11(1-7-15(16)19)9-13-4-8-17(22)21-20-13/h1-8,10H,9H2,(H,21,22). The zero-order valence-electron chi connectivity index (χ0n) is 11.9. The van der Waals surface area contributed by atoms with Gasteiger partial charge in [0.1, 0.15) is 11.5 Å². The highest BCUT2D eigenvalue weighted by Gasteiger charge is 2.06. The van der Waals surface area contributed by atoms with Crippen molar-refractivity contribution in [3.8, 4) is 11.5 Å². The van der Waals surface area contributed by atoms with Crippen LogP contribution in [0.15, 0.2) is 63.9 Å². The predicted octanol–water partition coefficient (Wildman–Crippen LogP) is 4.57. The number of aromatic amines is 1. The molecule has 0 aliphatic carbocycles. The van der Waals surface area contributed by atoms with Crippen LogP contribution in [-0.4, -0.2) is 10.2 Å². The van der Waals surface area contributed by atoms with Crippen molar-refractivity contribution in [1.29, 1.82) is 0 Å². The molecule has 116 valence electrons. The first-order chi connectivity index (χ1) is 11.1. The summed E-state index contributed by atoms with van der Waals surface area (Å²) >= 11 is 9.59. The minimum Gasteiger partial charge on any atom is -0.456 e. The lowest BCUT2D eigenvalue weighted by Crippen LogP contribution is -2.07. The van der Waals surface area contributed by atoms with Crippen LogP contribution < -0.4 is 10.3 Å². The maximum atomic E-state index is 11.0. The summed E-state index contributed by atoms with van der Waals surface area (Å²) < 4.78 is 6.81. The van der Waals surface area contributed by atoms with Crippen LogP contribution in [0.5, 0.6) is 11.5 Å². The van der Waals surface area contributed by atoms with E-state index in [9.17, 15) is 4.79 Å². The summed E-state index contributed by atoms with van der Waals surface area (Å²) in [6.07, 6.45) is 0.574. The molecule has 0 spiro atoms. The Balaban J connectivity index is 1.82. The van der Waals surface area contributed by atoms with Gasteiger partial charge in [0.15, 0.2) is 0 Å². The van der Waals surface area contributed by atoms with Gasteiger partial charge in [0.25, 0.3) is 5.56 Å². The average molecular weight is 392 g/mol. The molecule has 6 heteroatoms. The normalized spacial score (nSPS) is 10.5. The fourth-order valence-corrected chi connectivity index (χ4v) is 2.47. The second-order valence-electron chi connectivity index (χ2n) is 4.91. The number of rotatable bonds is 4. The van der Waals surface area contributed by atoms with Crippen LogP contribution in [0.1, 0.15) is 11.3 Å². The van der Waals surface area contributed by atoms with Gasteiger partial charge in [-0.05, 0) is 48.0 Å². The van der Waals surface area contributed by atoms with E-state index in [0.29, 0.717) is 22.9 Å². The number of nitrogens with zero attached hydrogens (tertiary/aromatic N) is 1. The number of ether oxygens (including phenoxy) is 1. The third-order valence-corrected chi connectivity index (χ3v) is 4.00. The van der Waals surface area contributed by atoms with Crippen molar-refractivity contribution < 1.29 is 4.74 Å². The van der Waals surface area contributed by atoms with Gasteiger partial charge in [-0.1, -0.05) is 33.6 Å². The van der Waals surface area contributed by atoms with Crippen molar-refractivity contribution >= 4 is 27.5 Å². The number of halogens is 2. The van der Waals surface area contributed by atoms with Crippen molar-refractivity contribution in [1.82, 2.24) is 10.2 Å². The topological polar surface area (TPSA) is 55.0 Å². The number of nitrogens with one attached hydrogen (secondary N) is 1. The van der Waals surface area contributed by atoms with Crippen LogP contribution in [-0.2, 0) is 6.42 Å². The number of hydrogen-bond acceptors (Lipinski definition) is 3. The number of aromatic nitrogens is 2. The Kier molecular flexibility index (Phi) is 4.79. The Labute approximate surface area is 146 Å². The fourth-order valence-electron chi connectivity index (χ4n) is 2.05. The molecule has 1 N–H and O–H groups in total. The van der Waals surface area contributed by atoms with Crippen LogP contribution in [0.25, 0.3) is 0 Å². The molecule has 1 aromatic heterocycles. The minimum absolute atomic E-state index is 0.218. The van der Waals surface area contributed by atoms with Gasteiger partial charge in [-0.15, -0.1) is 0 Å². The van der Waals surface area contributed by atoms with Crippen LogP contribution in [0.2, 0.25) is 5.02 Å². The van der Waals surface area contributed by atoms with Gasteiger partial charge in [0, 0.05) is 17.0 Å². The second kappa shape index (κ2) is 6.98. The molecule has 0 saturated carbocycles. The van der Waals surface area contributed by atoms with Gasteiger partial charge in [0.05, 0.1) is 10.7 Å². The van der Waals surface area contributed by atoms with E-state index in [4.69, 9.17) is 16.3 Å². The van der Waals surface area contributed by atoms with E-state index < -0.39 is 0 Å². The molecule has 0 radical (unpaired) electrons. The van der Waals surface area contributed by atoms with E-state index in [0.717, 1.165) is 15.7 Å². The highest BCUT2D eigenvalue weighted by Crippen LogP contribution is 2.31. The monoisotopic (exact) mass is 390 g/mol. The van der Waals surface area contributed by atoms with Crippen LogP contribution in [0.3, 0.4) is 0 Å². The third kappa shape index (κ3) is 4.21. The molecule has 23 heavy (non-hydrogen) atoms. The summed E-state index contributed by atoms with van der Waals surface area (Å²) in [4.78, 5) is 11.0. The summed E-state index contributed by atoms with van der Waals surface area (Å²) in [5.74, 6) is 1.28. The second-order valence-corrected chi connectivity index (χ2v) is 6.23. The molecular weight excluding hydrogens is 380 g/mol. The molecule has 0 aliphatic rings. The van der Waals surface area contributed by atoms with E-state index in [1.807, 2.05) is 36.4 Å². The fraction of sp³-hybridized carbons (Fsp3) is 0.0588. The van der Waals surface area contributed by atoms with Crippen molar-refractivity contribution in [2.24, 2.45) is 0 Å². The predicted molar refractivity (Wildman–Crippen MR) is 93.3 cm³/mol.